The van der Waals surface area contributed by atoms with Crippen molar-refractivity contribution in [1.29, 1.82) is 0 Å². The first-order valence-corrected chi connectivity index (χ1v) is 9.16. The number of hydrogen-bond acceptors (Lipinski definition) is 5. The number of nitrogens with zero attached hydrogens (tertiary/aromatic N) is 4. The van der Waals surface area contributed by atoms with E-state index in [1.54, 1.807) is 6.20 Å². The molecule has 7 heteroatoms. The van der Waals surface area contributed by atoms with E-state index in [2.05, 4.69) is 24.7 Å². The number of nitrogens with one attached hydrogen (secondary N) is 1. The minimum absolute atomic E-state index is 0.0287. The van der Waals surface area contributed by atoms with Gasteiger partial charge < -0.3 is 14.6 Å². The predicted octanol–water partition coefficient (Wildman–Crippen LogP) is 1.54. The summed E-state index contributed by atoms with van der Waals surface area (Å²) in [5.74, 6) is 0.846. The molecule has 7 nitrogen and oxygen atoms in total. The van der Waals surface area contributed by atoms with Gasteiger partial charge in [-0.1, -0.05) is 0 Å². The quantitative estimate of drug-likeness (QED) is 0.776. The van der Waals surface area contributed by atoms with E-state index < -0.39 is 0 Å². The summed E-state index contributed by atoms with van der Waals surface area (Å²) in [7, 11) is 0. The van der Waals surface area contributed by atoms with Crippen LogP contribution < -0.4 is 10.1 Å². The molecule has 1 saturated heterocycles. The number of rotatable bonds is 8. The van der Waals surface area contributed by atoms with Crippen LogP contribution in [0, 0.1) is 0 Å². The highest BCUT2D eigenvalue weighted by atomic mass is 16.5. The van der Waals surface area contributed by atoms with Crippen molar-refractivity contribution in [3.05, 3.63) is 43.0 Å². The zero-order valence-electron chi connectivity index (χ0n) is 15.3. The number of ether oxygens (including phenoxy) is 1. The van der Waals surface area contributed by atoms with Crippen molar-refractivity contribution in [2.24, 2.45) is 0 Å². The van der Waals surface area contributed by atoms with Crippen LogP contribution in [0.5, 0.6) is 5.75 Å². The SMILES string of the molecule is CCOc1ccc(NC(=O)CN2CCN(CCn3ccnc3)CC2)cc1. The molecule has 0 unspecified atom stereocenters. The zero-order chi connectivity index (χ0) is 18.2. The summed E-state index contributed by atoms with van der Waals surface area (Å²) in [6.07, 6.45) is 5.64. The lowest BCUT2D eigenvalue weighted by Gasteiger charge is -2.34. The molecule has 2 heterocycles. The number of carbonyl (C=O) groups excluding carboxylic acids is 1. The van der Waals surface area contributed by atoms with Gasteiger partial charge in [-0.3, -0.25) is 14.6 Å². The highest BCUT2D eigenvalue weighted by Crippen LogP contribution is 2.15. The molecule has 1 aromatic heterocycles. The third-order valence-corrected chi connectivity index (χ3v) is 4.51. The summed E-state index contributed by atoms with van der Waals surface area (Å²) >= 11 is 0. The molecule has 0 spiro atoms. The largest absolute Gasteiger partial charge is 0.494 e. The Balaban J connectivity index is 1.36. The van der Waals surface area contributed by atoms with E-state index in [1.807, 2.05) is 43.7 Å². The first-order chi connectivity index (χ1) is 12.7. The molecule has 140 valence electrons. The van der Waals surface area contributed by atoms with Crippen molar-refractivity contribution >= 4 is 11.6 Å². The van der Waals surface area contributed by atoms with Gasteiger partial charge in [-0.15, -0.1) is 0 Å². The molecular formula is C19H27N5O2. The lowest BCUT2D eigenvalue weighted by molar-refractivity contribution is -0.117. The van der Waals surface area contributed by atoms with Gasteiger partial charge >= 0.3 is 0 Å². The van der Waals surface area contributed by atoms with Crippen molar-refractivity contribution in [3.8, 4) is 5.75 Å². The van der Waals surface area contributed by atoms with Gasteiger partial charge in [-0.2, -0.15) is 0 Å². The number of benzene rings is 1. The predicted molar refractivity (Wildman–Crippen MR) is 101 cm³/mol. The first kappa shape index (κ1) is 18.4. The standard InChI is InChI=1S/C19H27N5O2/c1-2-26-18-5-3-17(4-6-18)21-19(25)15-23-12-9-22(10-13-23)11-14-24-8-7-20-16-24/h3-8,16H,2,9-15H2,1H3,(H,21,25). The Morgan fingerprint density at radius 1 is 1.12 bits per heavy atom. The molecule has 0 radical (unpaired) electrons. The second-order valence-electron chi connectivity index (χ2n) is 6.42. The van der Waals surface area contributed by atoms with Crippen LogP contribution in [0.3, 0.4) is 0 Å². The van der Waals surface area contributed by atoms with Crippen molar-refractivity contribution in [1.82, 2.24) is 19.4 Å². The van der Waals surface area contributed by atoms with Crippen LogP contribution in [0.25, 0.3) is 0 Å². The Hall–Kier alpha value is -2.38. The number of imidazole rings is 1. The maximum atomic E-state index is 12.2. The molecular weight excluding hydrogens is 330 g/mol. The number of anilines is 1. The maximum Gasteiger partial charge on any atom is 0.238 e. The summed E-state index contributed by atoms with van der Waals surface area (Å²) in [6.45, 7) is 8.81. The van der Waals surface area contributed by atoms with Gasteiger partial charge in [0, 0.05) is 57.3 Å². The number of amides is 1. The van der Waals surface area contributed by atoms with Gasteiger partial charge in [0.05, 0.1) is 19.5 Å². The Morgan fingerprint density at radius 3 is 2.50 bits per heavy atom. The topological polar surface area (TPSA) is 62.6 Å². The fourth-order valence-corrected chi connectivity index (χ4v) is 3.05. The fourth-order valence-electron chi connectivity index (χ4n) is 3.05. The highest BCUT2D eigenvalue weighted by molar-refractivity contribution is 5.92. The Labute approximate surface area is 154 Å². The molecule has 2 aromatic rings. The third-order valence-electron chi connectivity index (χ3n) is 4.51. The van der Waals surface area contributed by atoms with Crippen molar-refractivity contribution < 1.29 is 9.53 Å². The van der Waals surface area contributed by atoms with Gasteiger partial charge in [-0.25, -0.2) is 4.98 Å². The van der Waals surface area contributed by atoms with E-state index in [9.17, 15) is 4.79 Å². The molecule has 1 amide bonds. The molecule has 1 N–H and O–H groups in total. The molecule has 1 aliphatic heterocycles. The van der Waals surface area contributed by atoms with Gasteiger partial charge in [0.2, 0.25) is 5.91 Å². The highest BCUT2D eigenvalue weighted by Gasteiger charge is 2.18. The monoisotopic (exact) mass is 357 g/mol. The van der Waals surface area contributed by atoms with Gasteiger partial charge in [0.1, 0.15) is 5.75 Å². The average Bonchev–Trinajstić information content (AvgIpc) is 3.17. The minimum Gasteiger partial charge on any atom is -0.494 e. The smallest absolute Gasteiger partial charge is 0.238 e. The maximum absolute atomic E-state index is 12.2. The van der Waals surface area contributed by atoms with E-state index >= 15 is 0 Å². The van der Waals surface area contributed by atoms with Gasteiger partial charge in [-0.05, 0) is 31.2 Å². The molecule has 26 heavy (non-hydrogen) atoms. The van der Waals surface area contributed by atoms with Crippen LogP contribution in [-0.2, 0) is 11.3 Å². The van der Waals surface area contributed by atoms with Crippen LogP contribution in [-0.4, -0.2) is 71.1 Å². The molecule has 3 rings (SSSR count). The lowest BCUT2D eigenvalue weighted by Crippen LogP contribution is -2.49. The average molecular weight is 357 g/mol. The van der Waals surface area contributed by atoms with Crippen LogP contribution in [0.2, 0.25) is 0 Å². The second kappa shape index (κ2) is 9.35. The number of carbonyl (C=O) groups is 1. The first-order valence-electron chi connectivity index (χ1n) is 9.16. The Kier molecular flexibility index (Phi) is 6.62. The van der Waals surface area contributed by atoms with Gasteiger partial charge in [0.25, 0.3) is 0 Å². The van der Waals surface area contributed by atoms with Crippen LogP contribution in [0.4, 0.5) is 5.69 Å². The molecule has 0 saturated carbocycles. The molecule has 0 bridgehead atoms. The van der Waals surface area contributed by atoms with Gasteiger partial charge in [0.15, 0.2) is 0 Å². The van der Waals surface area contributed by atoms with E-state index in [1.165, 1.54) is 0 Å². The van der Waals surface area contributed by atoms with E-state index in [0.717, 1.165) is 50.7 Å². The Morgan fingerprint density at radius 2 is 1.85 bits per heavy atom. The number of piperazine rings is 1. The summed E-state index contributed by atoms with van der Waals surface area (Å²) < 4.78 is 7.50. The molecule has 1 aliphatic rings. The van der Waals surface area contributed by atoms with E-state index in [4.69, 9.17) is 4.74 Å². The lowest BCUT2D eigenvalue weighted by atomic mass is 10.3. The van der Waals surface area contributed by atoms with Crippen LogP contribution in [0.1, 0.15) is 6.92 Å². The van der Waals surface area contributed by atoms with Crippen molar-refractivity contribution in [2.75, 3.05) is 51.2 Å². The minimum atomic E-state index is 0.0287. The molecule has 0 atom stereocenters. The van der Waals surface area contributed by atoms with Crippen molar-refractivity contribution in [3.63, 3.8) is 0 Å². The Bertz CT molecular complexity index is 664. The number of aromatic nitrogens is 2. The van der Waals surface area contributed by atoms with E-state index in [-0.39, 0.29) is 5.91 Å². The van der Waals surface area contributed by atoms with E-state index in [0.29, 0.717) is 13.2 Å². The summed E-state index contributed by atoms with van der Waals surface area (Å²) in [6, 6.07) is 7.49. The zero-order valence-corrected chi connectivity index (χ0v) is 15.3. The molecule has 1 fully saturated rings. The fraction of sp³-hybridized carbons (Fsp3) is 0.474. The van der Waals surface area contributed by atoms with Crippen LogP contribution >= 0.6 is 0 Å². The normalized spacial score (nSPS) is 15.7. The molecule has 0 aliphatic carbocycles. The summed E-state index contributed by atoms with van der Waals surface area (Å²) in [5, 5.41) is 2.95. The third kappa shape index (κ3) is 5.57. The number of hydrogen-bond donors (Lipinski definition) is 1. The summed E-state index contributed by atoms with van der Waals surface area (Å²) in [4.78, 5) is 20.9. The van der Waals surface area contributed by atoms with Crippen molar-refractivity contribution in [2.45, 2.75) is 13.5 Å². The van der Waals surface area contributed by atoms with Crippen LogP contribution in [0.15, 0.2) is 43.0 Å². The molecule has 1 aromatic carbocycles. The second-order valence-corrected chi connectivity index (χ2v) is 6.42. The summed E-state index contributed by atoms with van der Waals surface area (Å²) in [5.41, 5.74) is 0.803.